The van der Waals surface area contributed by atoms with Crippen LogP contribution in [0.2, 0.25) is 5.02 Å². The summed E-state index contributed by atoms with van der Waals surface area (Å²) in [6.07, 6.45) is 0.971. The largest absolute Gasteiger partial charge is 0.434 e. The highest BCUT2D eigenvalue weighted by molar-refractivity contribution is 6.30. The molecule has 130 valence electrons. The van der Waals surface area contributed by atoms with Crippen LogP contribution in [0, 0.1) is 10.1 Å². The van der Waals surface area contributed by atoms with Crippen molar-refractivity contribution in [1.29, 1.82) is 0 Å². The molecule has 2 aromatic rings. The van der Waals surface area contributed by atoms with Gasteiger partial charge < -0.3 is 4.74 Å². The Balaban J connectivity index is 2.17. The molecule has 0 saturated heterocycles. The number of nitro groups is 1. The first-order valence-electron chi connectivity index (χ1n) is 6.69. The molecule has 7 nitrogen and oxygen atoms in total. The number of alkyl halides is 2. The molecule has 25 heavy (non-hydrogen) atoms. The molecule has 2 aromatic carbocycles. The van der Waals surface area contributed by atoms with Crippen molar-refractivity contribution in [3.8, 4) is 5.75 Å². The number of hydrogen-bond donors (Lipinski definition) is 1. The fraction of sp³-hybridized carbons (Fsp3) is 0.0667. The minimum absolute atomic E-state index is 0.0918. The lowest BCUT2D eigenvalue weighted by atomic mass is 10.2. The van der Waals surface area contributed by atoms with Crippen LogP contribution in [0.3, 0.4) is 0 Å². The van der Waals surface area contributed by atoms with Crippen molar-refractivity contribution >= 4 is 29.4 Å². The Morgan fingerprint density at radius 1 is 1.28 bits per heavy atom. The number of rotatable bonds is 6. The lowest BCUT2D eigenvalue weighted by Gasteiger charge is -2.07. The van der Waals surface area contributed by atoms with Crippen molar-refractivity contribution in [2.75, 3.05) is 0 Å². The Morgan fingerprint density at radius 2 is 1.96 bits per heavy atom. The number of carbonyl (C=O) groups is 1. The summed E-state index contributed by atoms with van der Waals surface area (Å²) in [4.78, 5) is 21.9. The molecule has 0 aliphatic rings. The standard InChI is InChI=1S/C15H10ClF2N3O4/c16-11-3-1-9(2-4-11)14(22)20-19-8-10-7-12(21(23)24)5-6-13(10)25-15(17)18/h1-8,15H,(H,20,22)/b19-8+. The maximum absolute atomic E-state index is 12.4. The number of halogens is 3. The SMILES string of the molecule is O=C(N/N=C/c1cc([N+](=O)[O-])ccc1OC(F)F)c1ccc(Cl)cc1. The molecule has 10 heteroatoms. The number of nitrogens with one attached hydrogen (secondary N) is 1. The summed E-state index contributed by atoms with van der Waals surface area (Å²) in [5, 5.41) is 14.8. The van der Waals surface area contributed by atoms with E-state index in [4.69, 9.17) is 11.6 Å². The van der Waals surface area contributed by atoms with Gasteiger partial charge in [-0.3, -0.25) is 14.9 Å². The van der Waals surface area contributed by atoms with Crippen LogP contribution in [-0.4, -0.2) is 23.7 Å². The van der Waals surface area contributed by atoms with Gasteiger partial charge in [-0.15, -0.1) is 0 Å². The summed E-state index contributed by atoms with van der Waals surface area (Å²) in [7, 11) is 0. The van der Waals surface area contributed by atoms with E-state index in [-0.39, 0.29) is 22.6 Å². The molecule has 0 aromatic heterocycles. The van der Waals surface area contributed by atoms with Crippen LogP contribution in [0.5, 0.6) is 5.75 Å². The minimum Gasteiger partial charge on any atom is -0.434 e. The van der Waals surface area contributed by atoms with Crippen LogP contribution in [0.25, 0.3) is 0 Å². The third-order valence-electron chi connectivity index (χ3n) is 2.90. The molecule has 0 aliphatic heterocycles. The molecule has 0 unspecified atom stereocenters. The lowest BCUT2D eigenvalue weighted by Crippen LogP contribution is -2.17. The number of nitrogens with zero attached hydrogens (tertiary/aromatic N) is 2. The van der Waals surface area contributed by atoms with Gasteiger partial charge in [-0.05, 0) is 30.3 Å². The normalized spacial score (nSPS) is 10.9. The van der Waals surface area contributed by atoms with Gasteiger partial charge in [0, 0.05) is 28.3 Å². The first kappa shape index (κ1) is 18.3. The zero-order valence-electron chi connectivity index (χ0n) is 12.4. The zero-order valence-corrected chi connectivity index (χ0v) is 13.1. The van der Waals surface area contributed by atoms with E-state index in [0.29, 0.717) is 5.02 Å². The quantitative estimate of drug-likeness (QED) is 0.478. The molecule has 0 radical (unpaired) electrons. The number of carbonyl (C=O) groups excluding carboxylic acids is 1. The Morgan fingerprint density at radius 3 is 2.56 bits per heavy atom. The van der Waals surface area contributed by atoms with Gasteiger partial charge in [0.2, 0.25) is 0 Å². The van der Waals surface area contributed by atoms with Gasteiger partial charge in [-0.1, -0.05) is 11.6 Å². The molecule has 0 fully saturated rings. The molecule has 0 heterocycles. The zero-order chi connectivity index (χ0) is 18.4. The Bertz CT molecular complexity index is 813. The van der Waals surface area contributed by atoms with Crippen molar-refractivity contribution in [3.05, 3.63) is 68.7 Å². The Kier molecular flexibility index (Phi) is 5.96. The summed E-state index contributed by atoms with van der Waals surface area (Å²) < 4.78 is 29.0. The maximum Gasteiger partial charge on any atom is 0.387 e. The Labute approximate surface area is 145 Å². The molecule has 0 saturated carbocycles. The van der Waals surface area contributed by atoms with E-state index in [1.165, 1.54) is 24.3 Å². The van der Waals surface area contributed by atoms with Crippen LogP contribution in [0.1, 0.15) is 15.9 Å². The molecule has 0 bridgehead atoms. The van der Waals surface area contributed by atoms with E-state index < -0.39 is 17.4 Å². The molecule has 2 rings (SSSR count). The predicted octanol–water partition coefficient (Wildman–Crippen LogP) is 3.61. The second-order valence-electron chi connectivity index (χ2n) is 4.56. The molecule has 0 spiro atoms. The molecule has 0 aliphatic carbocycles. The smallest absolute Gasteiger partial charge is 0.387 e. The second kappa shape index (κ2) is 8.15. The van der Waals surface area contributed by atoms with Crippen molar-refractivity contribution in [3.63, 3.8) is 0 Å². The summed E-state index contributed by atoms with van der Waals surface area (Å²) >= 11 is 5.71. The van der Waals surface area contributed by atoms with Gasteiger partial charge in [-0.25, -0.2) is 5.43 Å². The van der Waals surface area contributed by atoms with Crippen molar-refractivity contribution in [2.45, 2.75) is 6.61 Å². The van der Waals surface area contributed by atoms with Gasteiger partial charge in [0.05, 0.1) is 11.1 Å². The van der Waals surface area contributed by atoms with E-state index in [1.54, 1.807) is 0 Å². The molecule has 0 atom stereocenters. The van der Waals surface area contributed by atoms with E-state index in [9.17, 15) is 23.7 Å². The Hall–Kier alpha value is -3.07. The topological polar surface area (TPSA) is 93.8 Å². The highest BCUT2D eigenvalue weighted by Gasteiger charge is 2.14. The van der Waals surface area contributed by atoms with Gasteiger partial charge in [0.25, 0.3) is 11.6 Å². The van der Waals surface area contributed by atoms with Crippen LogP contribution >= 0.6 is 11.6 Å². The average molecular weight is 370 g/mol. The number of benzene rings is 2. The number of ether oxygens (including phenoxy) is 1. The molecular formula is C15H10ClF2N3O4. The van der Waals surface area contributed by atoms with Gasteiger partial charge >= 0.3 is 6.61 Å². The van der Waals surface area contributed by atoms with Crippen molar-refractivity contribution < 1.29 is 23.2 Å². The van der Waals surface area contributed by atoms with Gasteiger partial charge in [0.15, 0.2) is 0 Å². The summed E-state index contributed by atoms with van der Waals surface area (Å²) in [6.45, 7) is -3.11. The van der Waals surface area contributed by atoms with E-state index in [0.717, 1.165) is 24.4 Å². The number of non-ortho nitro benzene ring substituents is 1. The van der Waals surface area contributed by atoms with E-state index in [2.05, 4.69) is 15.3 Å². The lowest BCUT2D eigenvalue weighted by molar-refractivity contribution is -0.384. The molecule has 1 N–H and O–H groups in total. The van der Waals surface area contributed by atoms with E-state index in [1.807, 2.05) is 0 Å². The van der Waals surface area contributed by atoms with Crippen LogP contribution in [0.4, 0.5) is 14.5 Å². The second-order valence-corrected chi connectivity index (χ2v) is 5.00. The number of hydrazone groups is 1. The van der Waals surface area contributed by atoms with E-state index >= 15 is 0 Å². The van der Waals surface area contributed by atoms with Crippen LogP contribution < -0.4 is 10.2 Å². The minimum atomic E-state index is -3.11. The molecular weight excluding hydrogens is 360 g/mol. The monoisotopic (exact) mass is 369 g/mol. The third kappa shape index (κ3) is 5.21. The highest BCUT2D eigenvalue weighted by Crippen LogP contribution is 2.24. The first-order valence-corrected chi connectivity index (χ1v) is 7.07. The average Bonchev–Trinajstić information content (AvgIpc) is 2.56. The predicted molar refractivity (Wildman–Crippen MR) is 86.2 cm³/mol. The van der Waals surface area contributed by atoms with Crippen molar-refractivity contribution in [1.82, 2.24) is 5.43 Å². The van der Waals surface area contributed by atoms with Crippen LogP contribution in [-0.2, 0) is 0 Å². The first-order chi connectivity index (χ1) is 11.9. The van der Waals surface area contributed by atoms with Gasteiger partial charge in [-0.2, -0.15) is 13.9 Å². The van der Waals surface area contributed by atoms with Gasteiger partial charge in [0.1, 0.15) is 5.75 Å². The number of amides is 1. The number of hydrogen-bond acceptors (Lipinski definition) is 5. The molecule has 1 amide bonds. The summed E-state index contributed by atoms with van der Waals surface area (Å²) in [5.41, 5.74) is 2.01. The van der Waals surface area contributed by atoms with Crippen molar-refractivity contribution in [2.24, 2.45) is 5.10 Å². The fourth-order valence-electron chi connectivity index (χ4n) is 1.78. The van der Waals surface area contributed by atoms with Crippen LogP contribution in [0.15, 0.2) is 47.6 Å². The fourth-order valence-corrected chi connectivity index (χ4v) is 1.91. The summed E-state index contributed by atoms with van der Waals surface area (Å²) in [6, 6.07) is 8.98. The summed E-state index contributed by atoms with van der Waals surface area (Å²) in [5.74, 6) is -0.889. The maximum atomic E-state index is 12.4. The number of nitro benzene ring substituents is 1. The third-order valence-corrected chi connectivity index (χ3v) is 3.15. The highest BCUT2D eigenvalue weighted by atomic mass is 35.5.